The number of hydrogen-bond acceptors (Lipinski definition) is 3. The molecular weight excluding hydrogens is 314 g/mol. The normalized spacial score (nSPS) is 16.9. The predicted molar refractivity (Wildman–Crippen MR) is 97.6 cm³/mol. The van der Waals surface area contributed by atoms with Crippen molar-refractivity contribution in [1.29, 1.82) is 0 Å². The van der Waals surface area contributed by atoms with Crippen LogP contribution in [0.3, 0.4) is 0 Å². The van der Waals surface area contributed by atoms with E-state index >= 15 is 0 Å². The molecule has 0 fully saturated rings. The molecule has 0 saturated carbocycles. The number of carbonyl (C=O) groups is 2. The van der Waals surface area contributed by atoms with Crippen LogP contribution in [0, 0.1) is 0 Å². The Morgan fingerprint density at radius 3 is 2.48 bits per heavy atom. The monoisotopic (exact) mass is 335 g/mol. The van der Waals surface area contributed by atoms with Gasteiger partial charge < -0.3 is 4.74 Å². The van der Waals surface area contributed by atoms with E-state index in [1.54, 1.807) is 18.2 Å². The van der Waals surface area contributed by atoms with Gasteiger partial charge >= 0.3 is 0 Å². The van der Waals surface area contributed by atoms with E-state index in [1.165, 1.54) is 17.4 Å². The topological polar surface area (TPSA) is 46.6 Å². The van der Waals surface area contributed by atoms with Crippen molar-refractivity contribution in [3.05, 3.63) is 77.4 Å². The summed E-state index contributed by atoms with van der Waals surface area (Å²) in [4.78, 5) is 25.9. The Balaban J connectivity index is 1.67. The number of allylic oxidation sites excluding steroid dienone is 1. The molecule has 1 amide bonds. The van der Waals surface area contributed by atoms with E-state index in [-0.39, 0.29) is 18.3 Å². The minimum absolute atomic E-state index is 0.167. The zero-order valence-corrected chi connectivity index (χ0v) is 14.4. The molecule has 0 aliphatic carbocycles. The molecule has 0 N–H and O–H groups in total. The van der Waals surface area contributed by atoms with Gasteiger partial charge in [-0.25, -0.2) is 0 Å². The molecule has 4 nitrogen and oxygen atoms in total. The van der Waals surface area contributed by atoms with Gasteiger partial charge in [0, 0.05) is 12.5 Å². The second kappa shape index (κ2) is 7.45. The maximum Gasteiger partial charge on any atom is 0.226 e. The van der Waals surface area contributed by atoms with Crippen molar-refractivity contribution >= 4 is 17.4 Å². The highest BCUT2D eigenvalue weighted by atomic mass is 16.5. The number of rotatable bonds is 5. The molecule has 1 heterocycles. The molecule has 128 valence electrons. The van der Waals surface area contributed by atoms with Gasteiger partial charge in [0.25, 0.3) is 0 Å². The Hall–Kier alpha value is -2.72. The van der Waals surface area contributed by atoms with Crippen LogP contribution in [0.4, 0.5) is 5.69 Å². The molecule has 2 aromatic carbocycles. The van der Waals surface area contributed by atoms with Gasteiger partial charge in [0.2, 0.25) is 17.9 Å². The van der Waals surface area contributed by atoms with E-state index < -0.39 is 6.23 Å². The minimum Gasteiger partial charge on any atom is -0.346 e. The van der Waals surface area contributed by atoms with Crippen LogP contribution < -0.4 is 4.90 Å². The second-order valence-electron chi connectivity index (χ2n) is 6.17. The summed E-state index contributed by atoms with van der Waals surface area (Å²) in [5, 5.41) is 0. The number of para-hydroxylation sites is 1. The van der Waals surface area contributed by atoms with E-state index in [0.29, 0.717) is 11.3 Å². The van der Waals surface area contributed by atoms with Crippen LogP contribution in [0.2, 0.25) is 0 Å². The molecule has 1 unspecified atom stereocenters. The Morgan fingerprint density at radius 1 is 1.08 bits per heavy atom. The summed E-state index contributed by atoms with van der Waals surface area (Å²) in [6.45, 7) is 3.76. The molecule has 0 saturated heterocycles. The lowest BCUT2D eigenvalue weighted by atomic mass is 10.1. The average molecular weight is 335 g/mol. The summed E-state index contributed by atoms with van der Waals surface area (Å²) in [5.41, 5.74) is 3.54. The third-order valence-corrected chi connectivity index (χ3v) is 4.24. The third kappa shape index (κ3) is 3.69. The first-order chi connectivity index (χ1) is 12.1. The number of nitrogens with zero attached hydrogens (tertiary/aromatic N) is 1. The number of carbonyl (C=O) groups excluding carboxylic acids is 2. The Bertz CT molecular complexity index is 811. The molecule has 1 aliphatic rings. The van der Waals surface area contributed by atoms with E-state index in [9.17, 15) is 9.59 Å². The number of anilines is 1. The van der Waals surface area contributed by atoms with Crippen LogP contribution in [-0.4, -0.2) is 24.5 Å². The minimum atomic E-state index is -0.879. The Labute approximate surface area is 147 Å². The van der Waals surface area contributed by atoms with Crippen LogP contribution in [-0.2, 0) is 16.0 Å². The van der Waals surface area contributed by atoms with Crippen molar-refractivity contribution in [2.75, 3.05) is 11.5 Å². The summed E-state index contributed by atoms with van der Waals surface area (Å²) in [5.74, 6) is -0.367. The summed E-state index contributed by atoms with van der Waals surface area (Å²) >= 11 is 0. The van der Waals surface area contributed by atoms with Crippen LogP contribution >= 0.6 is 0 Å². The SMILES string of the molecule is CC(=O)N1c2ccccc2C(=O)C1OC/C=C(\C)Cc1ccccc1. The van der Waals surface area contributed by atoms with Crippen LogP contribution in [0.1, 0.15) is 29.8 Å². The van der Waals surface area contributed by atoms with Gasteiger partial charge in [-0.1, -0.05) is 54.1 Å². The maximum absolute atomic E-state index is 12.5. The number of fused-ring (bicyclic) bond motifs is 1. The molecular formula is C21H21NO3. The smallest absolute Gasteiger partial charge is 0.226 e. The molecule has 2 aromatic rings. The molecule has 3 rings (SSSR count). The maximum atomic E-state index is 12.5. The van der Waals surface area contributed by atoms with Crippen molar-refractivity contribution in [3.8, 4) is 0 Å². The average Bonchev–Trinajstić information content (AvgIpc) is 2.89. The molecule has 1 atom stereocenters. The Kier molecular flexibility index (Phi) is 5.10. The fourth-order valence-corrected chi connectivity index (χ4v) is 3.03. The first kappa shape index (κ1) is 17.1. The van der Waals surface area contributed by atoms with Gasteiger partial charge in [0.1, 0.15) is 0 Å². The van der Waals surface area contributed by atoms with E-state index in [2.05, 4.69) is 12.1 Å². The molecule has 0 bridgehead atoms. The van der Waals surface area contributed by atoms with E-state index in [0.717, 1.165) is 12.0 Å². The number of amides is 1. The molecule has 0 radical (unpaired) electrons. The van der Waals surface area contributed by atoms with Gasteiger partial charge in [0.05, 0.1) is 12.3 Å². The summed E-state index contributed by atoms with van der Waals surface area (Å²) in [6, 6.07) is 17.3. The molecule has 0 spiro atoms. The highest BCUT2D eigenvalue weighted by Gasteiger charge is 2.39. The second-order valence-corrected chi connectivity index (χ2v) is 6.17. The Morgan fingerprint density at radius 2 is 1.76 bits per heavy atom. The lowest BCUT2D eigenvalue weighted by molar-refractivity contribution is -0.118. The zero-order valence-electron chi connectivity index (χ0n) is 14.4. The van der Waals surface area contributed by atoms with Gasteiger partial charge in [-0.15, -0.1) is 0 Å². The summed E-state index contributed by atoms with van der Waals surface area (Å²) in [6.07, 6.45) is 1.91. The highest BCUT2D eigenvalue weighted by molar-refractivity contribution is 6.16. The summed E-state index contributed by atoms with van der Waals surface area (Å²) in [7, 11) is 0. The van der Waals surface area contributed by atoms with Gasteiger partial charge in [-0.3, -0.25) is 14.5 Å². The summed E-state index contributed by atoms with van der Waals surface area (Å²) < 4.78 is 5.76. The molecule has 0 aromatic heterocycles. The molecule has 25 heavy (non-hydrogen) atoms. The van der Waals surface area contributed by atoms with Crippen molar-refractivity contribution < 1.29 is 14.3 Å². The lowest BCUT2D eigenvalue weighted by Gasteiger charge is -2.22. The fraction of sp³-hybridized carbons (Fsp3) is 0.238. The fourth-order valence-electron chi connectivity index (χ4n) is 3.03. The number of ether oxygens (including phenoxy) is 1. The van der Waals surface area contributed by atoms with Gasteiger partial charge in [0.15, 0.2) is 0 Å². The zero-order chi connectivity index (χ0) is 17.8. The van der Waals surface area contributed by atoms with E-state index in [1.807, 2.05) is 37.3 Å². The van der Waals surface area contributed by atoms with Crippen LogP contribution in [0.15, 0.2) is 66.2 Å². The number of hydrogen-bond donors (Lipinski definition) is 0. The number of benzene rings is 2. The van der Waals surface area contributed by atoms with Crippen molar-refractivity contribution in [1.82, 2.24) is 0 Å². The molecule has 1 aliphatic heterocycles. The van der Waals surface area contributed by atoms with Crippen LogP contribution in [0.5, 0.6) is 0 Å². The van der Waals surface area contributed by atoms with Crippen LogP contribution in [0.25, 0.3) is 0 Å². The van der Waals surface area contributed by atoms with Crippen molar-refractivity contribution in [2.45, 2.75) is 26.5 Å². The number of ketones is 1. The standard InChI is InChI=1S/C21H21NO3/c1-15(14-17-8-4-3-5-9-17)12-13-25-21-20(24)18-10-6-7-11-19(18)22(21)16(2)23/h3-12,21H,13-14H2,1-2H3/b15-12+. The van der Waals surface area contributed by atoms with Crippen molar-refractivity contribution in [3.63, 3.8) is 0 Å². The predicted octanol–water partition coefficient (Wildman–Crippen LogP) is 3.77. The van der Waals surface area contributed by atoms with E-state index in [4.69, 9.17) is 4.74 Å². The number of Topliss-reactive ketones (excluding diaryl/α,β-unsaturated/α-hetero) is 1. The van der Waals surface area contributed by atoms with Gasteiger partial charge in [-0.05, 0) is 31.0 Å². The third-order valence-electron chi connectivity index (χ3n) is 4.24. The first-order valence-electron chi connectivity index (χ1n) is 8.32. The van der Waals surface area contributed by atoms with Crippen molar-refractivity contribution in [2.24, 2.45) is 0 Å². The largest absolute Gasteiger partial charge is 0.346 e. The molecule has 4 heteroatoms. The highest BCUT2D eigenvalue weighted by Crippen LogP contribution is 2.32. The first-order valence-corrected chi connectivity index (χ1v) is 8.32. The van der Waals surface area contributed by atoms with Gasteiger partial charge in [-0.2, -0.15) is 0 Å². The quantitative estimate of drug-likeness (QED) is 0.782. The lowest BCUT2D eigenvalue weighted by Crippen LogP contribution is -2.40.